The van der Waals surface area contributed by atoms with Gasteiger partial charge in [0.05, 0.1) is 0 Å². The third kappa shape index (κ3) is 5.71. The molecule has 0 saturated carbocycles. The Labute approximate surface area is 128 Å². The lowest BCUT2D eigenvalue weighted by Gasteiger charge is -2.15. The Morgan fingerprint density at radius 2 is 2.05 bits per heavy atom. The van der Waals surface area contributed by atoms with Crippen molar-refractivity contribution in [1.82, 2.24) is 15.2 Å². The van der Waals surface area contributed by atoms with Gasteiger partial charge in [-0.3, -0.25) is 4.79 Å². The molecule has 0 saturated heterocycles. The summed E-state index contributed by atoms with van der Waals surface area (Å²) in [6.45, 7) is 11.5. The molecule has 1 rings (SSSR count). The second kappa shape index (κ2) is 8.62. The summed E-state index contributed by atoms with van der Waals surface area (Å²) >= 11 is 0. The van der Waals surface area contributed by atoms with E-state index in [1.807, 2.05) is 26.1 Å². The van der Waals surface area contributed by atoms with Crippen LogP contribution in [0.3, 0.4) is 0 Å². The summed E-state index contributed by atoms with van der Waals surface area (Å²) in [6, 6.07) is 3.69. The van der Waals surface area contributed by atoms with Crippen LogP contribution in [0.2, 0.25) is 0 Å². The minimum atomic E-state index is -0.0389. The van der Waals surface area contributed by atoms with E-state index in [0.717, 1.165) is 31.1 Å². The van der Waals surface area contributed by atoms with Gasteiger partial charge in [-0.25, -0.2) is 4.98 Å². The number of amides is 1. The van der Waals surface area contributed by atoms with Crippen LogP contribution in [-0.2, 0) is 0 Å². The molecule has 5 heteroatoms. The minimum absolute atomic E-state index is 0.0389. The highest BCUT2D eigenvalue weighted by atomic mass is 16.1. The standard InChI is InChI=1S/C16H28N4O/c1-6-17-15-11-13(10-14(19-15)12(3)4)16(21)18-8-9-20(5)7-2/h10-12H,6-9H2,1-5H3,(H,17,19)(H,18,21). The Balaban J connectivity index is 2.77. The van der Waals surface area contributed by atoms with Crippen molar-refractivity contribution in [3.63, 3.8) is 0 Å². The number of carbonyl (C=O) groups excluding carboxylic acids is 1. The van der Waals surface area contributed by atoms with Crippen molar-refractivity contribution in [3.8, 4) is 0 Å². The first-order valence-corrected chi connectivity index (χ1v) is 7.70. The van der Waals surface area contributed by atoms with E-state index < -0.39 is 0 Å². The lowest BCUT2D eigenvalue weighted by Crippen LogP contribution is -2.33. The van der Waals surface area contributed by atoms with Crippen LogP contribution < -0.4 is 10.6 Å². The summed E-state index contributed by atoms with van der Waals surface area (Å²) in [7, 11) is 2.04. The van der Waals surface area contributed by atoms with Gasteiger partial charge in [-0.1, -0.05) is 20.8 Å². The summed E-state index contributed by atoms with van der Waals surface area (Å²) in [4.78, 5) is 19.0. The number of anilines is 1. The summed E-state index contributed by atoms with van der Waals surface area (Å²) in [6.07, 6.45) is 0. The van der Waals surface area contributed by atoms with Gasteiger partial charge in [-0.15, -0.1) is 0 Å². The largest absolute Gasteiger partial charge is 0.370 e. The lowest BCUT2D eigenvalue weighted by atomic mass is 10.1. The van der Waals surface area contributed by atoms with Gasteiger partial charge in [0, 0.05) is 30.9 Å². The number of nitrogens with zero attached hydrogens (tertiary/aromatic N) is 2. The van der Waals surface area contributed by atoms with Gasteiger partial charge >= 0.3 is 0 Å². The van der Waals surface area contributed by atoms with E-state index in [1.54, 1.807) is 0 Å². The Morgan fingerprint density at radius 1 is 1.33 bits per heavy atom. The molecule has 2 N–H and O–H groups in total. The van der Waals surface area contributed by atoms with E-state index in [0.29, 0.717) is 18.0 Å². The van der Waals surface area contributed by atoms with Gasteiger partial charge in [0.15, 0.2) is 0 Å². The molecule has 0 aliphatic rings. The van der Waals surface area contributed by atoms with Crippen LogP contribution in [0.15, 0.2) is 12.1 Å². The maximum atomic E-state index is 12.3. The maximum absolute atomic E-state index is 12.3. The number of hydrogen-bond donors (Lipinski definition) is 2. The number of aromatic nitrogens is 1. The predicted molar refractivity (Wildman–Crippen MR) is 88.0 cm³/mol. The summed E-state index contributed by atoms with van der Waals surface area (Å²) in [5.74, 6) is 1.02. The first-order valence-electron chi connectivity index (χ1n) is 7.70. The third-order valence-electron chi connectivity index (χ3n) is 3.38. The molecule has 5 nitrogen and oxygen atoms in total. The van der Waals surface area contributed by atoms with Crippen LogP contribution in [0.1, 0.15) is 49.7 Å². The number of likely N-dealkylation sites (N-methyl/N-ethyl adjacent to an activating group) is 1. The fraction of sp³-hybridized carbons (Fsp3) is 0.625. The molecule has 1 aromatic rings. The highest BCUT2D eigenvalue weighted by Crippen LogP contribution is 2.17. The third-order valence-corrected chi connectivity index (χ3v) is 3.38. The SMILES string of the molecule is CCNc1cc(C(=O)NCCN(C)CC)cc(C(C)C)n1. The molecule has 0 aliphatic carbocycles. The molecule has 0 spiro atoms. The van der Waals surface area contributed by atoms with Gasteiger partial charge in [0.2, 0.25) is 0 Å². The van der Waals surface area contributed by atoms with Gasteiger partial charge in [0.1, 0.15) is 5.82 Å². The van der Waals surface area contributed by atoms with E-state index in [4.69, 9.17) is 0 Å². The second-order valence-corrected chi connectivity index (χ2v) is 5.50. The second-order valence-electron chi connectivity index (χ2n) is 5.50. The van der Waals surface area contributed by atoms with Crippen LogP contribution in [0.25, 0.3) is 0 Å². The van der Waals surface area contributed by atoms with Crippen LogP contribution in [0.5, 0.6) is 0 Å². The smallest absolute Gasteiger partial charge is 0.251 e. The number of hydrogen-bond acceptors (Lipinski definition) is 4. The van der Waals surface area contributed by atoms with Crippen molar-refractivity contribution >= 4 is 11.7 Å². The first-order chi connectivity index (χ1) is 9.97. The molecule has 0 radical (unpaired) electrons. The van der Waals surface area contributed by atoms with Crippen molar-refractivity contribution in [2.45, 2.75) is 33.6 Å². The molecular formula is C16H28N4O. The van der Waals surface area contributed by atoms with Crippen LogP contribution in [-0.4, -0.2) is 49.0 Å². The summed E-state index contributed by atoms with van der Waals surface area (Å²) in [5, 5.41) is 6.15. The number of nitrogens with one attached hydrogen (secondary N) is 2. The molecule has 0 atom stereocenters. The first kappa shape index (κ1) is 17.4. The van der Waals surface area contributed by atoms with E-state index >= 15 is 0 Å². The Hall–Kier alpha value is -1.62. The van der Waals surface area contributed by atoms with Crippen LogP contribution in [0.4, 0.5) is 5.82 Å². The zero-order valence-electron chi connectivity index (χ0n) is 13.9. The topological polar surface area (TPSA) is 57.3 Å². The quantitative estimate of drug-likeness (QED) is 0.772. The van der Waals surface area contributed by atoms with Crippen molar-refractivity contribution in [2.24, 2.45) is 0 Å². The monoisotopic (exact) mass is 292 g/mol. The van der Waals surface area contributed by atoms with Crippen LogP contribution >= 0.6 is 0 Å². The van der Waals surface area contributed by atoms with Gasteiger partial charge in [-0.05, 0) is 38.6 Å². The van der Waals surface area contributed by atoms with Crippen LogP contribution in [0, 0.1) is 0 Å². The molecule has 118 valence electrons. The number of pyridine rings is 1. The Kier molecular flexibility index (Phi) is 7.15. The molecule has 0 fully saturated rings. The summed E-state index contributed by atoms with van der Waals surface area (Å²) in [5.41, 5.74) is 1.60. The van der Waals surface area contributed by atoms with Gasteiger partial charge < -0.3 is 15.5 Å². The number of carbonyl (C=O) groups is 1. The van der Waals surface area contributed by atoms with E-state index in [1.165, 1.54) is 0 Å². The molecule has 21 heavy (non-hydrogen) atoms. The molecule has 0 aromatic carbocycles. The molecule has 0 bridgehead atoms. The average molecular weight is 292 g/mol. The Morgan fingerprint density at radius 3 is 2.62 bits per heavy atom. The van der Waals surface area contributed by atoms with E-state index in [-0.39, 0.29) is 5.91 Å². The zero-order chi connectivity index (χ0) is 15.8. The van der Waals surface area contributed by atoms with E-state index in [9.17, 15) is 4.79 Å². The van der Waals surface area contributed by atoms with Gasteiger partial charge in [-0.2, -0.15) is 0 Å². The molecular weight excluding hydrogens is 264 g/mol. The zero-order valence-corrected chi connectivity index (χ0v) is 13.9. The van der Waals surface area contributed by atoms with Crippen molar-refractivity contribution in [3.05, 3.63) is 23.4 Å². The lowest BCUT2D eigenvalue weighted by molar-refractivity contribution is 0.0950. The molecule has 0 aliphatic heterocycles. The highest BCUT2D eigenvalue weighted by Gasteiger charge is 2.11. The highest BCUT2D eigenvalue weighted by molar-refractivity contribution is 5.95. The summed E-state index contributed by atoms with van der Waals surface area (Å²) < 4.78 is 0. The number of rotatable bonds is 8. The fourth-order valence-corrected chi connectivity index (χ4v) is 1.87. The van der Waals surface area contributed by atoms with Crippen molar-refractivity contribution < 1.29 is 4.79 Å². The van der Waals surface area contributed by atoms with Crippen molar-refractivity contribution in [2.75, 3.05) is 38.5 Å². The van der Waals surface area contributed by atoms with Gasteiger partial charge in [0.25, 0.3) is 5.91 Å². The fourth-order valence-electron chi connectivity index (χ4n) is 1.87. The molecule has 0 unspecified atom stereocenters. The van der Waals surface area contributed by atoms with E-state index in [2.05, 4.69) is 41.3 Å². The molecule has 1 amide bonds. The molecule has 1 heterocycles. The predicted octanol–water partition coefficient (Wildman–Crippen LogP) is 2.32. The van der Waals surface area contributed by atoms with Crippen molar-refractivity contribution in [1.29, 1.82) is 0 Å². The normalized spacial score (nSPS) is 11.0. The molecule has 1 aromatic heterocycles. The Bertz CT molecular complexity index is 460. The maximum Gasteiger partial charge on any atom is 0.251 e. The minimum Gasteiger partial charge on any atom is -0.370 e. The average Bonchev–Trinajstić information content (AvgIpc) is 2.46.